The second-order valence-corrected chi connectivity index (χ2v) is 1.71. The van der Waals surface area contributed by atoms with Gasteiger partial charge in [-0.1, -0.05) is 0 Å². The zero-order valence-electron chi connectivity index (χ0n) is 4.85. The van der Waals surface area contributed by atoms with Crippen LogP contribution in [0.1, 0.15) is 10.4 Å². The average Bonchev–Trinajstić information content (AvgIpc) is 2.17. The number of rotatable bonds is 1. The van der Waals surface area contributed by atoms with Crippen LogP contribution in [0.3, 0.4) is 0 Å². The average molecular weight is 143 g/mol. The molecule has 0 aliphatic rings. The normalized spacial score (nSPS) is 9.60. The first-order chi connectivity index (χ1) is 4.66. The summed E-state index contributed by atoms with van der Waals surface area (Å²) in [6.45, 7) is 0. The molecule has 0 spiro atoms. The number of aromatic hydroxyl groups is 2. The maximum absolute atomic E-state index is 10.00. The molecule has 0 saturated heterocycles. The van der Waals surface area contributed by atoms with Crippen LogP contribution in [-0.4, -0.2) is 26.4 Å². The molecule has 1 aromatic heterocycles. The maximum Gasteiger partial charge on any atom is 0.239 e. The summed E-state index contributed by atoms with van der Waals surface area (Å²) >= 11 is 0. The summed E-state index contributed by atoms with van der Waals surface area (Å²) in [5.41, 5.74) is -0.153. The molecule has 1 aromatic rings. The lowest BCUT2D eigenvalue weighted by atomic mass is 10.4. The zero-order valence-corrected chi connectivity index (χ0v) is 4.85. The number of hydrogen-bond acceptors (Lipinski definition) is 4. The Bertz CT molecular complexity index is 265. The van der Waals surface area contributed by atoms with Crippen molar-refractivity contribution in [2.24, 2.45) is 0 Å². The molecule has 1 rings (SSSR count). The Morgan fingerprint density at radius 1 is 1.50 bits per heavy atom. The molecule has 10 heavy (non-hydrogen) atoms. The lowest BCUT2D eigenvalue weighted by Gasteiger charge is -1.92. The van der Waals surface area contributed by atoms with E-state index >= 15 is 0 Å². The highest BCUT2D eigenvalue weighted by molar-refractivity contribution is 5.79. The largest absolute Gasteiger partial charge is 0.492 e. The van der Waals surface area contributed by atoms with Crippen molar-refractivity contribution < 1.29 is 20.2 Å². The first-order valence-electron chi connectivity index (χ1n) is 2.45. The monoisotopic (exact) mass is 143 g/mol. The van der Waals surface area contributed by atoms with Crippen molar-refractivity contribution in [2.75, 3.05) is 0 Å². The second-order valence-electron chi connectivity index (χ2n) is 1.71. The Kier molecular flexibility index (Phi) is 1.26. The molecule has 0 aromatic carbocycles. The van der Waals surface area contributed by atoms with E-state index in [1.54, 1.807) is 0 Å². The van der Waals surface area contributed by atoms with E-state index in [-0.39, 0.29) is 10.3 Å². The van der Waals surface area contributed by atoms with Gasteiger partial charge in [0.15, 0.2) is 6.29 Å². The van der Waals surface area contributed by atoms with Gasteiger partial charge in [0, 0.05) is 6.07 Å². The van der Waals surface area contributed by atoms with Gasteiger partial charge in [-0.3, -0.25) is 4.79 Å². The Balaban J connectivity index is 3.30. The van der Waals surface area contributed by atoms with E-state index in [0.29, 0.717) is 6.29 Å². The molecule has 0 saturated carbocycles. The van der Waals surface area contributed by atoms with E-state index in [0.717, 1.165) is 6.07 Å². The van der Waals surface area contributed by atoms with Crippen LogP contribution in [-0.2, 0) is 0 Å². The van der Waals surface area contributed by atoms with Crippen molar-refractivity contribution in [3.8, 4) is 11.8 Å². The number of carbonyl (C=O) groups excluding carboxylic acids is 1. The van der Waals surface area contributed by atoms with Gasteiger partial charge in [-0.05, 0) is 0 Å². The standard InChI is InChI=1S/C5H5NO4/c7-2-3-1-4(8)6(10)5(3)9/h1-2,8-10H. The van der Waals surface area contributed by atoms with Crippen LogP contribution >= 0.6 is 0 Å². The highest BCUT2D eigenvalue weighted by Crippen LogP contribution is 2.23. The van der Waals surface area contributed by atoms with Gasteiger partial charge in [0.1, 0.15) is 0 Å². The molecule has 1 heterocycles. The van der Waals surface area contributed by atoms with E-state index in [2.05, 4.69) is 0 Å². The second kappa shape index (κ2) is 1.94. The van der Waals surface area contributed by atoms with Crippen LogP contribution in [0, 0.1) is 0 Å². The summed E-state index contributed by atoms with van der Waals surface area (Å²) in [7, 11) is 0. The van der Waals surface area contributed by atoms with Gasteiger partial charge < -0.3 is 15.4 Å². The quantitative estimate of drug-likeness (QED) is 0.380. The summed E-state index contributed by atoms with van der Waals surface area (Å²) in [5.74, 6) is -1.23. The molecule has 5 nitrogen and oxygen atoms in total. The third kappa shape index (κ3) is 0.680. The van der Waals surface area contributed by atoms with Gasteiger partial charge in [-0.2, -0.15) is 0 Å². The molecule has 0 unspecified atom stereocenters. The van der Waals surface area contributed by atoms with Crippen molar-refractivity contribution in [3.63, 3.8) is 0 Å². The molecule has 5 heteroatoms. The third-order valence-electron chi connectivity index (χ3n) is 1.09. The molecular weight excluding hydrogens is 138 g/mol. The summed E-state index contributed by atoms with van der Waals surface area (Å²) < 4.78 is 0.115. The van der Waals surface area contributed by atoms with Gasteiger partial charge in [0.25, 0.3) is 0 Å². The molecule has 0 amide bonds. The van der Waals surface area contributed by atoms with E-state index < -0.39 is 11.8 Å². The van der Waals surface area contributed by atoms with E-state index in [1.807, 2.05) is 0 Å². The predicted octanol–water partition coefficient (Wildman–Crippen LogP) is -0.0509. The molecule has 54 valence electrons. The number of aldehydes is 1. The Morgan fingerprint density at radius 2 is 2.10 bits per heavy atom. The van der Waals surface area contributed by atoms with Crippen molar-refractivity contribution >= 4 is 6.29 Å². The Morgan fingerprint density at radius 3 is 2.30 bits per heavy atom. The molecule has 0 atom stereocenters. The molecule has 0 radical (unpaired) electrons. The SMILES string of the molecule is O=Cc1cc(O)n(O)c1O. The molecule has 0 bridgehead atoms. The van der Waals surface area contributed by atoms with Crippen LogP contribution in [0.2, 0.25) is 0 Å². The molecule has 3 N–H and O–H groups in total. The van der Waals surface area contributed by atoms with Crippen LogP contribution in [0.15, 0.2) is 6.07 Å². The minimum absolute atomic E-state index is 0.115. The van der Waals surface area contributed by atoms with Gasteiger partial charge in [-0.15, -0.1) is 4.73 Å². The fourth-order valence-corrected chi connectivity index (χ4v) is 0.582. The lowest BCUT2D eigenvalue weighted by molar-refractivity contribution is 0.110. The van der Waals surface area contributed by atoms with Gasteiger partial charge >= 0.3 is 0 Å². The summed E-state index contributed by atoms with van der Waals surface area (Å²) in [5, 5.41) is 26.0. The number of carbonyl (C=O) groups is 1. The first-order valence-corrected chi connectivity index (χ1v) is 2.45. The van der Waals surface area contributed by atoms with Gasteiger partial charge in [0.2, 0.25) is 11.8 Å². The smallest absolute Gasteiger partial charge is 0.239 e. The van der Waals surface area contributed by atoms with Crippen molar-refractivity contribution in [1.82, 2.24) is 4.73 Å². The van der Waals surface area contributed by atoms with Crippen molar-refractivity contribution in [1.29, 1.82) is 0 Å². The van der Waals surface area contributed by atoms with Crippen LogP contribution in [0.25, 0.3) is 0 Å². The first kappa shape index (κ1) is 6.47. The van der Waals surface area contributed by atoms with Gasteiger partial charge in [-0.25, -0.2) is 0 Å². The number of aromatic nitrogens is 1. The van der Waals surface area contributed by atoms with E-state index in [4.69, 9.17) is 15.4 Å². The fraction of sp³-hybridized carbons (Fsp3) is 0. The lowest BCUT2D eigenvalue weighted by Crippen LogP contribution is -1.87. The summed E-state index contributed by atoms with van der Waals surface area (Å²) in [4.78, 5) is 10.00. The van der Waals surface area contributed by atoms with Gasteiger partial charge in [0.05, 0.1) is 5.56 Å². The Labute approximate surface area is 55.7 Å². The third-order valence-corrected chi connectivity index (χ3v) is 1.09. The number of hydrogen-bond donors (Lipinski definition) is 3. The zero-order chi connectivity index (χ0) is 7.72. The van der Waals surface area contributed by atoms with Crippen LogP contribution < -0.4 is 0 Å². The van der Waals surface area contributed by atoms with Crippen molar-refractivity contribution in [2.45, 2.75) is 0 Å². The highest BCUT2D eigenvalue weighted by Gasteiger charge is 2.10. The van der Waals surface area contributed by atoms with E-state index in [9.17, 15) is 4.79 Å². The topological polar surface area (TPSA) is 82.7 Å². The van der Waals surface area contributed by atoms with Crippen molar-refractivity contribution in [3.05, 3.63) is 11.6 Å². The predicted molar refractivity (Wildman–Crippen MR) is 30.3 cm³/mol. The molecule has 0 aliphatic heterocycles. The maximum atomic E-state index is 10.00. The van der Waals surface area contributed by atoms with E-state index in [1.165, 1.54) is 0 Å². The summed E-state index contributed by atoms with van der Waals surface area (Å²) in [6.07, 6.45) is 0.321. The number of nitrogens with zero attached hydrogens (tertiary/aromatic N) is 1. The molecular formula is C5H5NO4. The van der Waals surface area contributed by atoms with Crippen LogP contribution in [0.5, 0.6) is 11.8 Å². The minimum atomic E-state index is -0.660. The highest BCUT2D eigenvalue weighted by atomic mass is 16.5. The fourth-order valence-electron chi connectivity index (χ4n) is 0.582. The molecule has 0 fully saturated rings. The minimum Gasteiger partial charge on any atom is -0.492 e. The molecule has 0 aliphatic carbocycles. The summed E-state index contributed by atoms with van der Waals surface area (Å²) in [6, 6.07) is 0.947. The Hall–Kier alpha value is -1.65. The van der Waals surface area contributed by atoms with Crippen LogP contribution in [0.4, 0.5) is 0 Å².